The molecule has 1 fully saturated rings. The largest absolute Gasteiger partial charge is 0.504 e. The average Bonchev–Trinajstić information content (AvgIpc) is 2.70. The monoisotopic (exact) mass is 291 g/mol. The van der Waals surface area contributed by atoms with Gasteiger partial charge in [0.2, 0.25) is 0 Å². The Labute approximate surface area is 121 Å². The molecular weight excluding hydrogens is 274 g/mol. The van der Waals surface area contributed by atoms with Crippen molar-refractivity contribution in [3.05, 3.63) is 35.4 Å². The smallest absolute Gasteiger partial charge is 0.157 e. The van der Waals surface area contributed by atoms with Gasteiger partial charge < -0.3 is 25.5 Å². The molecule has 4 rings (SSSR count). The number of nitrogens with zero attached hydrogens (tertiary/aromatic N) is 1. The number of hydrogen-bond acceptors (Lipinski definition) is 6. The molecular formula is C15H17NO5. The Bertz CT molecular complexity index is 645. The SMILES string of the molecule is Oc1cc2c(cc1O)[C@@]13C=C[C@@H](O)C[C@@H]1N(C[C@H]3O)C2O. The number of aliphatic hydroxyl groups excluding tert-OH is 3. The normalized spacial score (nSPS) is 43.5. The van der Waals surface area contributed by atoms with E-state index in [1.165, 1.54) is 12.1 Å². The summed E-state index contributed by atoms with van der Waals surface area (Å²) in [5.74, 6) is -0.571. The van der Waals surface area contributed by atoms with Gasteiger partial charge in [-0.05, 0) is 24.1 Å². The van der Waals surface area contributed by atoms with Crippen LogP contribution in [0.3, 0.4) is 0 Å². The fourth-order valence-electron chi connectivity index (χ4n) is 4.18. The second kappa shape index (κ2) is 3.98. The van der Waals surface area contributed by atoms with Crippen molar-refractivity contribution >= 4 is 0 Å². The molecule has 1 saturated heterocycles. The van der Waals surface area contributed by atoms with Crippen LogP contribution in [0.2, 0.25) is 0 Å². The number of phenolic OH excluding ortho intramolecular Hbond substituents is 2. The van der Waals surface area contributed by atoms with E-state index in [1.54, 1.807) is 17.1 Å². The van der Waals surface area contributed by atoms with E-state index >= 15 is 0 Å². The summed E-state index contributed by atoms with van der Waals surface area (Å²) in [5, 5.41) is 50.4. The molecule has 6 atom stereocenters. The van der Waals surface area contributed by atoms with Gasteiger partial charge >= 0.3 is 0 Å². The maximum atomic E-state index is 10.6. The fourth-order valence-corrected chi connectivity index (χ4v) is 4.18. The summed E-state index contributed by atoms with van der Waals surface area (Å²) in [4.78, 5) is 1.75. The van der Waals surface area contributed by atoms with Crippen molar-refractivity contribution in [1.29, 1.82) is 0 Å². The molecule has 6 heteroatoms. The van der Waals surface area contributed by atoms with Crippen LogP contribution >= 0.6 is 0 Å². The van der Waals surface area contributed by atoms with Crippen molar-refractivity contribution in [2.24, 2.45) is 0 Å². The Morgan fingerprint density at radius 1 is 1.10 bits per heavy atom. The molecule has 0 aromatic heterocycles. The van der Waals surface area contributed by atoms with Crippen LogP contribution in [-0.4, -0.2) is 55.2 Å². The van der Waals surface area contributed by atoms with E-state index in [0.29, 0.717) is 17.5 Å². The molecule has 0 saturated carbocycles. The highest BCUT2D eigenvalue weighted by molar-refractivity contribution is 5.55. The molecule has 0 spiro atoms. The summed E-state index contributed by atoms with van der Waals surface area (Å²) in [5.41, 5.74) is 0.331. The lowest BCUT2D eigenvalue weighted by Crippen LogP contribution is -2.53. The van der Waals surface area contributed by atoms with Gasteiger partial charge in [-0.15, -0.1) is 0 Å². The van der Waals surface area contributed by atoms with E-state index in [0.717, 1.165) is 0 Å². The number of aliphatic hydroxyl groups is 3. The van der Waals surface area contributed by atoms with Crippen LogP contribution in [0.1, 0.15) is 23.8 Å². The Hall–Kier alpha value is -1.60. The molecule has 1 aliphatic carbocycles. The topological polar surface area (TPSA) is 104 Å². The quantitative estimate of drug-likeness (QED) is 0.332. The standard InChI is InChI=1S/C15H17NO5/c17-7-1-2-15-9-5-11(19)10(18)4-8(9)14(21)16(6-13(15)20)12(15)3-7/h1-2,4-5,7,12-14,17-21H,3,6H2/t7-,12+,13-,14?,15+/m1/s1. The minimum absolute atomic E-state index is 0.237. The molecule has 2 bridgehead atoms. The number of hydrogen-bond donors (Lipinski definition) is 5. The fraction of sp³-hybridized carbons (Fsp3) is 0.467. The van der Waals surface area contributed by atoms with Crippen molar-refractivity contribution in [3.63, 3.8) is 0 Å². The minimum Gasteiger partial charge on any atom is -0.504 e. The van der Waals surface area contributed by atoms with Gasteiger partial charge in [0.05, 0.1) is 17.6 Å². The molecule has 2 unspecified atom stereocenters. The van der Waals surface area contributed by atoms with Crippen molar-refractivity contribution in [3.8, 4) is 11.5 Å². The molecule has 0 amide bonds. The molecule has 112 valence electrons. The first-order valence-electron chi connectivity index (χ1n) is 7.01. The van der Waals surface area contributed by atoms with Gasteiger partial charge in [-0.3, -0.25) is 4.90 Å². The molecule has 5 N–H and O–H groups in total. The van der Waals surface area contributed by atoms with E-state index in [1.807, 2.05) is 0 Å². The van der Waals surface area contributed by atoms with Gasteiger partial charge in [0.1, 0.15) is 6.23 Å². The summed E-state index contributed by atoms with van der Waals surface area (Å²) in [6.45, 7) is 0.277. The summed E-state index contributed by atoms with van der Waals surface area (Å²) in [7, 11) is 0. The van der Waals surface area contributed by atoms with Crippen LogP contribution < -0.4 is 0 Å². The molecule has 0 radical (unpaired) electrons. The highest BCUT2D eigenvalue weighted by atomic mass is 16.3. The van der Waals surface area contributed by atoms with Gasteiger partial charge in [0.15, 0.2) is 11.5 Å². The molecule has 1 aromatic carbocycles. The molecule has 2 aliphatic heterocycles. The molecule has 6 nitrogen and oxygen atoms in total. The minimum atomic E-state index is -0.972. The second-order valence-electron chi connectivity index (χ2n) is 6.13. The van der Waals surface area contributed by atoms with Crippen molar-refractivity contribution in [2.45, 2.75) is 36.3 Å². The highest BCUT2D eigenvalue weighted by Crippen LogP contribution is 2.55. The Morgan fingerprint density at radius 2 is 1.81 bits per heavy atom. The van der Waals surface area contributed by atoms with E-state index in [2.05, 4.69) is 0 Å². The lowest BCUT2D eigenvalue weighted by molar-refractivity contribution is -0.0365. The van der Waals surface area contributed by atoms with E-state index in [-0.39, 0.29) is 24.1 Å². The van der Waals surface area contributed by atoms with E-state index in [4.69, 9.17) is 0 Å². The van der Waals surface area contributed by atoms with Gasteiger partial charge in [-0.2, -0.15) is 0 Å². The number of aromatic hydroxyl groups is 2. The van der Waals surface area contributed by atoms with Crippen LogP contribution in [0, 0.1) is 0 Å². The molecule has 21 heavy (non-hydrogen) atoms. The number of benzene rings is 1. The first-order valence-corrected chi connectivity index (χ1v) is 7.01. The molecule has 2 heterocycles. The van der Waals surface area contributed by atoms with Gasteiger partial charge in [0, 0.05) is 18.2 Å². The average molecular weight is 291 g/mol. The van der Waals surface area contributed by atoms with Gasteiger partial charge in [-0.25, -0.2) is 0 Å². The second-order valence-corrected chi connectivity index (χ2v) is 6.13. The predicted octanol–water partition coefficient (Wildman–Crippen LogP) is -0.294. The van der Waals surface area contributed by atoms with E-state index < -0.39 is 23.9 Å². The zero-order valence-corrected chi connectivity index (χ0v) is 11.2. The van der Waals surface area contributed by atoms with E-state index in [9.17, 15) is 25.5 Å². The van der Waals surface area contributed by atoms with Crippen LogP contribution in [0.4, 0.5) is 0 Å². The third kappa shape index (κ3) is 1.45. The zero-order chi connectivity index (χ0) is 14.9. The molecule has 1 aromatic rings. The van der Waals surface area contributed by atoms with Gasteiger partial charge in [0.25, 0.3) is 0 Å². The number of fused-ring (bicyclic) bond motifs is 1. The third-order valence-corrected chi connectivity index (χ3v) is 5.15. The number of phenols is 2. The predicted molar refractivity (Wildman–Crippen MR) is 72.7 cm³/mol. The van der Waals surface area contributed by atoms with Gasteiger partial charge in [-0.1, -0.05) is 12.2 Å². The first-order chi connectivity index (χ1) is 9.95. The first kappa shape index (κ1) is 13.1. The van der Waals surface area contributed by atoms with Crippen molar-refractivity contribution in [2.75, 3.05) is 6.54 Å². The summed E-state index contributed by atoms with van der Waals surface area (Å²) in [6, 6.07) is 2.52. The lowest BCUT2D eigenvalue weighted by Gasteiger charge is -2.47. The summed E-state index contributed by atoms with van der Waals surface area (Å²) < 4.78 is 0. The van der Waals surface area contributed by atoms with Crippen LogP contribution in [0.5, 0.6) is 11.5 Å². The summed E-state index contributed by atoms with van der Waals surface area (Å²) >= 11 is 0. The highest BCUT2D eigenvalue weighted by Gasteiger charge is 2.60. The zero-order valence-electron chi connectivity index (χ0n) is 11.2. The Kier molecular flexibility index (Phi) is 2.48. The Balaban J connectivity index is 2.02. The van der Waals surface area contributed by atoms with Crippen LogP contribution in [0.15, 0.2) is 24.3 Å². The van der Waals surface area contributed by atoms with Crippen molar-refractivity contribution < 1.29 is 25.5 Å². The number of rotatable bonds is 0. The van der Waals surface area contributed by atoms with Crippen LogP contribution in [-0.2, 0) is 5.41 Å². The maximum Gasteiger partial charge on any atom is 0.157 e. The third-order valence-electron chi connectivity index (χ3n) is 5.15. The summed E-state index contributed by atoms with van der Waals surface area (Å²) in [6.07, 6.45) is 1.50. The van der Waals surface area contributed by atoms with Crippen LogP contribution in [0.25, 0.3) is 0 Å². The Morgan fingerprint density at radius 3 is 2.57 bits per heavy atom. The van der Waals surface area contributed by atoms with Crippen molar-refractivity contribution in [1.82, 2.24) is 4.90 Å². The lowest BCUT2D eigenvalue weighted by atomic mass is 9.65. The maximum absolute atomic E-state index is 10.6. The molecule has 3 aliphatic rings.